The highest BCUT2D eigenvalue weighted by molar-refractivity contribution is 7.89. The van der Waals surface area contributed by atoms with Gasteiger partial charge in [0.2, 0.25) is 15.9 Å². The van der Waals surface area contributed by atoms with Crippen molar-refractivity contribution in [3.8, 4) is 0 Å². The minimum Gasteiger partial charge on any atom is -0.324 e. The van der Waals surface area contributed by atoms with Gasteiger partial charge in [-0.25, -0.2) is 8.42 Å². The van der Waals surface area contributed by atoms with Gasteiger partial charge < -0.3 is 5.32 Å². The number of carbonyl (C=O) groups excluding carboxylic acids is 1. The maximum Gasteiger partial charge on any atom is 0.243 e. The van der Waals surface area contributed by atoms with Gasteiger partial charge >= 0.3 is 0 Å². The van der Waals surface area contributed by atoms with Gasteiger partial charge in [0.15, 0.2) is 0 Å². The van der Waals surface area contributed by atoms with E-state index in [0.29, 0.717) is 42.9 Å². The van der Waals surface area contributed by atoms with Crippen LogP contribution in [0.25, 0.3) is 0 Å². The quantitative estimate of drug-likeness (QED) is 0.646. The van der Waals surface area contributed by atoms with Gasteiger partial charge in [-0.3, -0.25) is 9.69 Å². The zero-order valence-corrected chi connectivity index (χ0v) is 21.5. The van der Waals surface area contributed by atoms with Crippen LogP contribution in [0.2, 0.25) is 0 Å². The normalized spacial score (nSPS) is 15.9. The van der Waals surface area contributed by atoms with E-state index >= 15 is 0 Å². The summed E-state index contributed by atoms with van der Waals surface area (Å²) in [6.07, 6.45) is 0. The van der Waals surface area contributed by atoms with E-state index in [1.165, 1.54) is 4.31 Å². The van der Waals surface area contributed by atoms with Crippen molar-refractivity contribution in [2.75, 3.05) is 38.0 Å². The number of rotatable bonds is 7. The third-order valence-corrected chi connectivity index (χ3v) is 8.35. The summed E-state index contributed by atoms with van der Waals surface area (Å²) >= 11 is 0. The molecule has 1 saturated heterocycles. The number of carbonyl (C=O) groups is 1. The lowest BCUT2D eigenvalue weighted by Crippen LogP contribution is -2.50. The lowest BCUT2D eigenvalue weighted by atomic mass is 9.92. The molecule has 1 heterocycles. The molecule has 1 aliphatic rings. The van der Waals surface area contributed by atoms with Crippen molar-refractivity contribution >= 4 is 21.6 Å². The highest BCUT2D eigenvalue weighted by Crippen LogP contribution is 2.32. The van der Waals surface area contributed by atoms with E-state index in [1.54, 1.807) is 12.1 Å². The maximum absolute atomic E-state index is 13.1. The van der Waals surface area contributed by atoms with Crippen LogP contribution >= 0.6 is 0 Å². The van der Waals surface area contributed by atoms with Crippen molar-refractivity contribution in [2.45, 2.75) is 58.3 Å². The number of para-hydroxylation sites is 1. The molecule has 1 N–H and O–H groups in total. The molecule has 0 spiro atoms. The summed E-state index contributed by atoms with van der Waals surface area (Å²) in [6, 6.07) is 11.5. The molecule has 2 aromatic carbocycles. The first-order valence-electron chi connectivity index (χ1n) is 11.7. The monoisotopic (exact) mass is 471 g/mol. The molecule has 0 atom stereocenters. The number of sulfonamides is 1. The van der Waals surface area contributed by atoms with Gasteiger partial charge in [-0.2, -0.15) is 4.31 Å². The lowest BCUT2D eigenvalue weighted by Gasteiger charge is -2.33. The van der Waals surface area contributed by atoms with E-state index in [0.717, 1.165) is 27.9 Å². The second-order valence-electron chi connectivity index (χ2n) is 9.60. The molecule has 1 fully saturated rings. The molecule has 0 saturated carbocycles. The molecule has 3 rings (SSSR count). The number of amides is 1. The Labute approximate surface area is 199 Å². The molecule has 33 heavy (non-hydrogen) atoms. The van der Waals surface area contributed by atoms with Crippen molar-refractivity contribution in [2.24, 2.45) is 0 Å². The molecule has 180 valence electrons. The molecule has 1 aliphatic heterocycles. The fraction of sp³-hybridized carbons (Fsp3) is 0.500. The van der Waals surface area contributed by atoms with Gasteiger partial charge in [0.25, 0.3) is 0 Å². The average molecular weight is 472 g/mol. The van der Waals surface area contributed by atoms with E-state index < -0.39 is 10.0 Å². The third kappa shape index (κ3) is 5.83. The summed E-state index contributed by atoms with van der Waals surface area (Å²) in [4.78, 5) is 15.3. The van der Waals surface area contributed by atoms with Crippen molar-refractivity contribution in [1.82, 2.24) is 9.21 Å². The van der Waals surface area contributed by atoms with E-state index in [9.17, 15) is 13.2 Å². The molecular formula is C26H37N3O3S. The first-order chi connectivity index (χ1) is 15.5. The number of piperazine rings is 1. The first kappa shape index (κ1) is 25.4. The lowest BCUT2D eigenvalue weighted by molar-refractivity contribution is -0.117. The van der Waals surface area contributed by atoms with E-state index in [-0.39, 0.29) is 12.5 Å². The average Bonchev–Trinajstić information content (AvgIpc) is 2.75. The fourth-order valence-electron chi connectivity index (χ4n) is 4.23. The Balaban J connectivity index is 1.64. The minimum absolute atomic E-state index is 0.0598. The van der Waals surface area contributed by atoms with E-state index in [1.807, 2.05) is 24.8 Å². The molecule has 0 radical (unpaired) electrons. The van der Waals surface area contributed by atoms with Crippen LogP contribution in [0.5, 0.6) is 0 Å². The van der Waals surface area contributed by atoms with Crippen LogP contribution in [0.1, 0.15) is 61.8 Å². The van der Waals surface area contributed by atoms with E-state index in [4.69, 9.17) is 0 Å². The van der Waals surface area contributed by atoms with Crippen LogP contribution in [0.3, 0.4) is 0 Å². The number of aryl methyl sites for hydroxylation is 2. The molecule has 6 nitrogen and oxygen atoms in total. The number of benzene rings is 2. The molecule has 2 aromatic rings. The maximum atomic E-state index is 13.1. The van der Waals surface area contributed by atoms with Crippen LogP contribution in [0, 0.1) is 13.8 Å². The first-order valence-corrected chi connectivity index (χ1v) is 13.2. The summed E-state index contributed by atoms with van der Waals surface area (Å²) < 4.78 is 27.6. The summed E-state index contributed by atoms with van der Waals surface area (Å²) in [7, 11) is -3.53. The fourth-order valence-corrected chi connectivity index (χ4v) is 5.74. The number of hydrogen-bond acceptors (Lipinski definition) is 4. The zero-order valence-electron chi connectivity index (χ0n) is 20.7. The van der Waals surface area contributed by atoms with Crippen LogP contribution in [-0.2, 0) is 14.8 Å². The van der Waals surface area contributed by atoms with E-state index in [2.05, 4.69) is 51.2 Å². The van der Waals surface area contributed by atoms with Gasteiger partial charge in [0.1, 0.15) is 0 Å². The standard InChI is InChI=1S/C26H37N3O3S/c1-18(2)23-8-7-9-24(19(3)4)26(23)27-25(30)17-28-12-14-29(15-13-28)33(31,32)22-11-10-20(5)21(6)16-22/h7-11,16,18-19H,12-15,17H2,1-6H3,(H,27,30). The van der Waals surface area contributed by atoms with Gasteiger partial charge in [-0.1, -0.05) is 52.0 Å². The van der Waals surface area contributed by atoms with Gasteiger partial charge in [-0.15, -0.1) is 0 Å². The predicted octanol–water partition coefficient (Wildman–Crippen LogP) is 4.50. The summed E-state index contributed by atoms with van der Waals surface area (Å²) in [5.74, 6) is 0.548. The van der Waals surface area contributed by atoms with Crippen molar-refractivity contribution in [3.05, 3.63) is 58.7 Å². The topological polar surface area (TPSA) is 69.7 Å². The van der Waals surface area contributed by atoms with Crippen LogP contribution < -0.4 is 5.32 Å². The number of nitrogens with zero attached hydrogens (tertiary/aromatic N) is 2. The highest BCUT2D eigenvalue weighted by atomic mass is 32.2. The van der Waals surface area contributed by atoms with Gasteiger partial charge in [-0.05, 0) is 60.1 Å². The molecule has 0 unspecified atom stereocenters. The van der Waals surface area contributed by atoms with Crippen molar-refractivity contribution in [3.63, 3.8) is 0 Å². The molecule has 0 bridgehead atoms. The Morgan fingerprint density at radius 2 is 1.48 bits per heavy atom. The van der Waals surface area contributed by atoms with Crippen LogP contribution in [0.15, 0.2) is 41.3 Å². The molecular weight excluding hydrogens is 434 g/mol. The van der Waals surface area contributed by atoms with Crippen molar-refractivity contribution in [1.29, 1.82) is 0 Å². The van der Waals surface area contributed by atoms with Gasteiger partial charge in [0, 0.05) is 31.9 Å². The molecule has 0 aromatic heterocycles. The predicted molar refractivity (Wildman–Crippen MR) is 134 cm³/mol. The summed E-state index contributed by atoms with van der Waals surface area (Å²) in [6.45, 7) is 14.5. The zero-order chi connectivity index (χ0) is 24.3. The van der Waals surface area contributed by atoms with Crippen LogP contribution in [-0.4, -0.2) is 56.3 Å². The Morgan fingerprint density at radius 1 is 0.909 bits per heavy atom. The van der Waals surface area contributed by atoms with Crippen molar-refractivity contribution < 1.29 is 13.2 Å². The Morgan fingerprint density at radius 3 is 2.00 bits per heavy atom. The molecule has 7 heteroatoms. The third-order valence-electron chi connectivity index (χ3n) is 6.45. The Bertz CT molecular complexity index is 1080. The number of nitrogens with one attached hydrogen (secondary N) is 1. The largest absolute Gasteiger partial charge is 0.324 e. The smallest absolute Gasteiger partial charge is 0.243 e. The summed E-state index contributed by atoms with van der Waals surface area (Å²) in [5.41, 5.74) is 5.24. The number of hydrogen-bond donors (Lipinski definition) is 1. The Kier molecular flexibility index (Phi) is 7.98. The minimum atomic E-state index is -3.53. The number of anilines is 1. The van der Waals surface area contributed by atoms with Gasteiger partial charge in [0.05, 0.1) is 11.4 Å². The second kappa shape index (κ2) is 10.4. The Hall–Kier alpha value is -2.22. The summed E-state index contributed by atoms with van der Waals surface area (Å²) in [5, 5.41) is 3.16. The molecule has 0 aliphatic carbocycles. The van der Waals surface area contributed by atoms with Crippen LogP contribution in [0.4, 0.5) is 5.69 Å². The molecule has 1 amide bonds. The SMILES string of the molecule is Cc1ccc(S(=O)(=O)N2CCN(CC(=O)Nc3c(C(C)C)cccc3C(C)C)CC2)cc1C. The highest BCUT2D eigenvalue weighted by Gasteiger charge is 2.29. The second-order valence-corrected chi connectivity index (χ2v) is 11.5.